The van der Waals surface area contributed by atoms with Gasteiger partial charge in [-0.3, -0.25) is 0 Å². The van der Waals surface area contributed by atoms with E-state index >= 15 is 0 Å². The molecule has 1 N–H and O–H groups in total. The van der Waals surface area contributed by atoms with Gasteiger partial charge in [-0.05, 0) is 23.6 Å². The van der Waals surface area contributed by atoms with E-state index < -0.39 is 53.9 Å². The summed E-state index contributed by atoms with van der Waals surface area (Å²) in [6.45, 7) is 4.00. The lowest BCUT2D eigenvalue weighted by Gasteiger charge is -2.43. The summed E-state index contributed by atoms with van der Waals surface area (Å²) in [7, 11) is -10.8. The van der Waals surface area contributed by atoms with Gasteiger partial charge >= 0.3 is 0 Å². The smallest absolute Gasteiger partial charge is 0.243 e. The van der Waals surface area contributed by atoms with Crippen LogP contribution in [0.5, 0.6) is 0 Å². The number of nitrogens with one attached hydrogen (secondary N) is 1. The number of fused-ring (bicyclic) bond motifs is 2. The fourth-order valence-corrected chi connectivity index (χ4v) is 10.4. The van der Waals surface area contributed by atoms with E-state index in [9.17, 15) is 25.3 Å². The van der Waals surface area contributed by atoms with E-state index in [0.29, 0.717) is 0 Å². The summed E-state index contributed by atoms with van der Waals surface area (Å²) in [5.74, 6) is -0.711. The highest BCUT2D eigenvalue weighted by Crippen LogP contribution is 2.36. The first-order chi connectivity index (χ1) is 12.9. The van der Waals surface area contributed by atoms with E-state index in [1.165, 1.54) is 16.4 Å². The number of piperazine rings is 1. The van der Waals surface area contributed by atoms with Crippen LogP contribution in [0.15, 0.2) is 29.2 Å². The van der Waals surface area contributed by atoms with E-state index in [-0.39, 0.29) is 33.8 Å². The van der Waals surface area contributed by atoms with Crippen molar-refractivity contribution in [2.45, 2.75) is 48.8 Å². The minimum Gasteiger partial charge on any atom is -0.306 e. The Labute approximate surface area is 166 Å². The van der Waals surface area contributed by atoms with Crippen molar-refractivity contribution < 1.29 is 25.3 Å². The standard InChI is InChI=1S/C17H24N2O6S3/c1-11(2)12-3-5-13(6-4-12)28(24,25)19-16-9-26(20,21)7-14(16)18-15-8-27(22,23)10-17(15)19/h3-6,11,14-18H,7-10H2,1-2H3/t14-,15-,16+,17+/m0/s1. The highest BCUT2D eigenvalue weighted by molar-refractivity contribution is 7.92. The van der Waals surface area contributed by atoms with Gasteiger partial charge in [0.2, 0.25) is 10.0 Å². The van der Waals surface area contributed by atoms with Gasteiger partial charge in [-0.2, -0.15) is 4.31 Å². The Hall–Kier alpha value is -1.01. The van der Waals surface area contributed by atoms with Crippen molar-refractivity contribution in [3.05, 3.63) is 29.8 Å². The first kappa shape index (κ1) is 20.3. The molecule has 0 unspecified atom stereocenters. The number of nitrogens with zero attached hydrogens (tertiary/aromatic N) is 1. The van der Waals surface area contributed by atoms with E-state index in [2.05, 4.69) is 5.32 Å². The van der Waals surface area contributed by atoms with Crippen LogP contribution in [0.4, 0.5) is 0 Å². The van der Waals surface area contributed by atoms with Gasteiger partial charge in [0.15, 0.2) is 19.7 Å². The molecule has 8 nitrogen and oxygen atoms in total. The SMILES string of the molecule is CC(C)c1ccc(S(=O)(=O)N2[C@@H]3CS(=O)(=O)C[C@@H]3N[C@H]3CS(=O)(=O)C[C@H]32)cc1. The number of hydrogen-bond acceptors (Lipinski definition) is 7. The average molecular weight is 449 g/mol. The van der Waals surface area contributed by atoms with Gasteiger partial charge in [0, 0.05) is 12.1 Å². The van der Waals surface area contributed by atoms with Crippen LogP contribution in [0.1, 0.15) is 25.3 Å². The molecule has 0 bridgehead atoms. The number of benzene rings is 1. The molecule has 1 aromatic rings. The number of rotatable bonds is 3. The molecule has 0 spiro atoms. The lowest BCUT2D eigenvalue weighted by Crippen LogP contribution is -2.67. The predicted molar refractivity (Wildman–Crippen MR) is 105 cm³/mol. The monoisotopic (exact) mass is 448 g/mol. The molecule has 0 amide bonds. The molecule has 0 aromatic heterocycles. The summed E-state index contributed by atoms with van der Waals surface area (Å²) in [5, 5.41) is 3.10. The van der Waals surface area contributed by atoms with Crippen LogP contribution in [0.3, 0.4) is 0 Å². The second-order valence-electron chi connectivity index (χ2n) is 8.23. The molecule has 3 saturated heterocycles. The normalized spacial score (nSPS) is 34.2. The Balaban J connectivity index is 1.79. The third-order valence-electron chi connectivity index (χ3n) is 5.85. The van der Waals surface area contributed by atoms with Crippen molar-refractivity contribution in [3.63, 3.8) is 0 Å². The highest BCUT2D eigenvalue weighted by Gasteiger charge is 2.57. The molecule has 4 atom stereocenters. The third kappa shape index (κ3) is 3.41. The summed E-state index contributed by atoms with van der Waals surface area (Å²) >= 11 is 0. The van der Waals surface area contributed by atoms with Crippen LogP contribution in [-0.2, 0) is 29.7 Å². The van der Waals surface area contributed by atoms with E-state index in [1.807, 2.05) is 13.8 Å². The zero-order valence-corrected chi connectivity index (χ0v) is 18.1. The minimum absolute atomic E-state index is 0.0601. The number of sulfonamides is 1. The van der Waals surface area contributed by atoms with Gasteiger partial charge in [0.25, 0.3) is 0 Å². The van der Waals surface area contributed by atoms with Crippen LogP contribution in [0, 0.1) is 0 Å². The maximum atomic E-state index is 13.5. The third-order valence-corrected chi connectivity index (χ3v) is 11.2. The maximum Gasteiger partial charge on any atom is 0.243 e. The predicted octanol–water partition coefficient (Wildman–Crippen LogP) is -0.265. The van der Waals surface area contributed by atoms with Gasteiger partial charge in [-0.25, -0.2) is 25.3 Å². The number of sulfone groups is 2. The van der Waals surface area contributed by atoms with Gasteiger partial charge in [-0.15, -0.1) is 0 Å². The fraction of sp³-hybridized carbons (Fsp3) is 0.647. The van der Waals surface area contributed by atoms with Gasteiger partial charge < -0.3 is 5.32 Å². The lowest BCUT2D eigenvalue weighted by molar-refractivity contribution is 0.160. The van der Waals surface area contributed by atoms with Crippen molar-refractivity contribution in [1.82, 2.24) is 9.62 Å². The highest BCUT2D eigenvalue weighted by atomic mass is 32.2. The summed E-state index contributed by atoms with van der Waals surface area (Å²) in [6.07, 6.45) is 0. The molecule has 3 aliphatic rings. The van der Waals surface area contributed by atoms with Crippen LogP contribution < -0.4 is 5.32 Å². The van der Waals surface area contributed by atoms with Crippen molar-refractivity contribution in [2.75, 3.05) is 23.0 Å². The largest absolute Gasteiger partial charge is 0.306 e. The van der Waals surface area contributed by atoms with Crippen molar-refractivity contribution in [3.8, 4) is 0 Å². The summed E-state index contributed by atoms with van der Waals surface area (Å²) in [4.78, 5) is 0.0601. The Morgan fingerprint density at radius 1 is 0.893 bits per heavy atom. The molecule has 3 fully saturated rings. The first-order valence-electron chi connectivity index (χ1n) is 9.20. The fourth-order valence-electron chi connectivity index (χ4n) is 4.50. The molecule has 3 heterocycles. The van der Waals surface area contributed by atoms with Gasteiger partial charge in [0.05, 0.1) is 40.0 Å². The number of hydrogen-bond donors (Lipinski definition) is 1. The molecule has 4 rings (SSSR count). The van der Waals surface area contributed by atoms with E-state index in [1.54, 1.807) is 12.1 Å². The molecule has 1 aromatic carbocycles. The zero-order chi connectivity index (χ0) is 20.5. The zero-order valence-electron chi connectivity index (χ0n) is 15.6. The first-order valence-corrected chi connectivity index (χ1v) is 14.3. The molecule has 3 aliphatic heterocycles. The molecule has 156 valence electrons. The van der Waals surface area contributed by atoms with Crippen molar-refractivity contribution in [1.29, 1.82) is 0 Å². The second kappa shape index (κ2) is 6.49. The van der Waals surface area contributed by atoms with Crippen molar-refractivity contribution in [2.24, 2.45) is 0 Å². The Morgan fingerprint density at radius 3 is 1.79 bits per heavy atom. The average Bonchev–Trinajstić information content (AvgIpc) is 3.04. The molecule has 0 aliphatic carbocycles. The van der Waals surface area contributed by atoms with Crippen LogP contribution in [0.2, 0.25) is 0 Å². The quantitative estimate of drug-likeness (QED) is 0.677. The second-order valence-corrected chi connectivity index (χ2v) is 14.4. The van der Waals surface area contributed by atoms with Gasteiger partial charge in [-0.1, -0.05) is 26.0 Å². The van der Waals surface area contributed by atoms with Crippen molar-refractivity contribution >= 4 is 29.7 Å². The summed E-state index contributed by atoms with van der Waals surface area (Å²) in [5.41, 5.74) is 0.988. The Bertz CT molecular complexity index is 1050. The van der Waals surface area contributed by atoms with Gasteiger partial charge in [0.1, 0.15) is 0 Å². The van der Waals surface area contributed by atoms with Crippen LogP contribution in [0.25, 0.3) is 0 Å². The summed E-state index contributed by atoms with van der Waals surface area (Å²) in [6, 6.07) is 3.74. The van der Waals surface area contributed by atoms with Crippen LogP contribution in [-0.4, -0.2) is 76.7 Å². The van der Waals surface area contributed by atoms with Crippen LogP contribution >= 0.6 is 0 Å². The summed E-state index contributed by atoms with van der Waals surface area (Å²) < 4.78 is 76.9. The Kier molecular flexibility index (Phi) is 4.70. The van der Waals surface area contributed by atoms with E-state index in [0.717, 1.165) is 5.56 Å². The molecular formula is C17H24N2O6S3. The lowest BCUT2D eigenvalue weighted by atomic mass is 10.0. The Morgan fingerprint density at radius 2 is 1.36 bits per heavy atom. The van der Waals surface area contributed by atoms with E-state index in [4.69, 9.17) is 0 Å². The topological polar surface area (TPSA) is 118 Å². The molecule has 0 saturated carbocycles. The molecule has 28 heavy (non-hydrogen) atoms. The molecular weight excluding hydrogens is 424 g/mol. The molecule has 11 heteroatoms. The molecule has 0 radical (unpaired) electrons. The minimum atomic E-state index is -4.05. The maximum absolute atomic E-state index is 13.5.